The third-order valence-corrected chi connectivity index (χ3v) is 4.59. The Balaban J connectivity index is 1.47. The molecule has 22 heavy (non-hydrogen) atoms. The molecule has 4 rings (SSSR count). The molecule has 3 aliphatic rings. The van der Waals surface area contributed by atoms with Gasteiger partial charge in [-0.3, -0.25) is 5.43 Å². The molecule has 0 spiro atoms. The van der Waals surface area contributed by atoms with E-state index < -0.39 is 0 Å². The summed E-state index contributed by atoms with van der Waals surface area (Å²) in [5.74, 6) is 1.45. The molecule has 1 aliphatic carbocycles. The van der Waals surface area contributed by atoms with Crippen molar-refractivity contribution in [3.63, 3.8) is 0 Å². The highest BCUT2D eigenvalue weighted by Gasteiger charge is 2.31. The van der Waals surface area contributed by atoms with Gasteiger partial charge in [-0.2, -0.15) is 4.99 Å². The summed E-state index contributed by atoms with van der Waals surface area (Å²) in [6.07, 6.45) is 3.24. The first-order chi connectivity index (χ1) is 10.8. The van der Waals surface area contributed by atoms with E-state index in [1.807, 2.05) is 23.2 Å². The van der Waals surface area contributed by atoms with Crippen molar-refractivity contribution in [3.8, 4) is 0 Å². The Morgan fingerprint density at radius 2 is 2.14 bits per heavy atom. The van der Waals surface area contributed by atoms with Gasteiger partial charge >= 0.3 is 0 Å². The summed E-state index contributed by atoms with van der Waals surface area (Å²) in [5, 5.41) is 5.34. The quantitative estimate of drug-likeness (QED) is 0.824. The van der Waals surface area contributed by atoms with E-state index in [4.69, 9.17) is 11.6 Å². The summed E-state index contributed by atoms with van der Waals surface area (Å²) in [4.78, 5) is 9.18. The molecule has 114 valence electrons. The lowest BCUT2D eigenvalue weighted by atomic mass is 9.95. The fourth-order valence-corrected chi connectivity index (χ4v) is 3.37. The number of aliphatic imine (C=N–C) groups is 2. The lowest BCUT2D eigenvalue weighted by Crippen LogP contribution is -2.46. The largest absolute Gasteiger partial charge is 0.351 e. The van der Waals surface area contributed by atoms with Gasteiger partial charge in [0, 0.05) is 6.54 Å². The number of guanidine groups is 2. The molecular weight excluding hydrogens is 298 g/mol. The van der Waals surface area contributed by atoms with Crippen LogP contribution in [0.15, 0.2) is 51.6 Å². The summed E-state index contributed by atoms with van der Waals surface area (Å²) < 4.78 is 0. The van der Waals surface area contributed by atoms with Crippen molar-refractivity contribution in [2.45, 2.75) is 31.2 Å². The van der Waals surface area contributed by atoms with Crippen molar-refractivity contribution in [2.75, 3.05) is 6.54 Å². The van der Waals surface area contributed by atoms with Crippen LogP contribution in [0.5, 0.6) is 0 Å². The summed E-state index contributed by atoms with van der Waals surface area (Å²) in [6, 6.07) is 10.3. The monoisotopic (exact) mass is 315 g/mol. The van der Waals surface area contributed by atoms with Crippen LogP contribution in [-0.2, 0) is 6.54 Å². The Morgan fingerprint density at radius 1 is 1.27 bits per heavy atom. The Hall–Kier alpha value is -2.01. The van der Waals surface area contributed by atoms with Crippen molar-refractivity contribution in [1.29, 1.82) is 0 Å². The van der Waals surface area contributed by atoms with Gasteiger partial charge in [0.25, 0.3) is 0 Å². The van der Waals surface area contributed by atoms with E-state index in [2.05, 4.69) is 32.9 Å². The zero-order valence-corrected chi connectivity index (χ0v) is 13.0. The van der Waals surface area contributed by atoms with Gasteiger partial charge in [0.15, 0.2) is 0 Å². The van der Waals surface area contributed by atoms with Crippen LogP contribution in [0, 0.1) is 0 Å². The number of hydrogen-bond acceptors (Lipinski definition) is 5. The van der Waals surface area contributed by atoms with Crippen molar-refractivity contribution < 1.29 is 0 Å². The average Bonchev–Trinajstić information content (AvgIpc) is 2.94. The summed E-state index contributed by atoms with van der Waals surface area (Å²) >= 11 is 6.39. The van der Waals surface area contributed by atoms with Crippen LogP contribution in [-0.4, -0.2) is 28.8 Å². The van der Waals surface area contributed by atoms with E-state index in [-0.39, 0.29) is 5.38 Å². The molecule has 0 saturated heterocycles. The first-order valence-electron chi connectivity index (χ1n) is 7.65. The van der Waals surface area contributed by atoms with E-state index in [1.54, 1.807) is 0 Å². The molecule has 0 saturated carbocycles. The molecule has 0 amide bonds. The normalized spacial score (nSPS) is 23.3. The van der Waals surface area contributed by atoms with E-state index in [1.165, 1.54) is 11.1 Å². The highest BCUT2D eigenvalue weighted by molar-refractivity contribution is 6.22. The van der Waals surface area contributed by atoms with E-state index in [0.717, 1.165) is 44.0 Å². The maximum absolute atomic E-state index is 6.39. The SMILES string of the molecule is ClC1CCCC2=C1N=C1N=C(NCc3ccccc3)NN1C2. The third kappa shape index (κ3) is 2.57. The third-order valence-electron chi connectivity index (χ3n) is 4.16. The standard InChI is InChI=1S/C16H18ClN5/c17-13-8-4-7-12-10-22-16(19-14(12)13)20-15(21-22)18-9-11-5-2-1-3-6-11/h1-3,5-6,13H,4,7-10H2,(H2,18,19,20,21). The lowest BCUT2D eigenvalue weighted by Gasteiger charge is -2.30. The van der Waals surface area contributed by atoms with Gasteiger partial charge in [-0.25, -0.2) is 10.0 Å². The number of allylic oxidation sites excluding steroid dienone is 1. The predicted molar refractivity (Wildman–Crippen MR) is 88.5 cm³/mol. The Kier molecular flexibility index (Phi) is 3.50. The summed E-state index contributed by atoms with van der Waals surface area (Å²) in [6.45, 7) is 1.55. The van der Waals surface area contributed by atoms with Crippen LogP contribution in [0.1, 0.15) is 24.8 Å². The van der Waals surface area contributed by atoms with Gasteiger partial charge in [-0.05, 0) is 30.4 Å². The molecule has 0 radical (unpaired) electrons. The second-order valence-electron chi connectivity index (χ2n) is 5.76. The van der Waals surface area contributed by atoms with Gasteiger partial charge < -0.3 is 5.32 Å². The van der Waals surface area contributed by atoms with Crippen LogP contribution in [0.25, 0.3) is 0 Å². The average molecular weight is 316 g/mol. The van der Waals surface area contributed by atoms with Crippen molar-refractivity contribution >= 4 is 23.5 Å². The number of nitrogens with one attached hydrogen (secondary N) is 2. The van der Waals surface area contributed by atoms with Crippen LogP contribution in [0.2, 0.25) is 0 Å². The minimum absolute atomic E-state index is 0.0370. The Labute approximate surface area is 134 Å². The number of hydrogen-bond donors (Lipinski definition) is 2. The minimum Gasteiger partial charge on any atom is -0.351 e. The predicted octanol–water partition coefficient (Wildman–Crippen LogP) is 2.37. The Morgan fingerprint density at radius 3 is 3.00 bits per heavy atom. The first-order valence-corrected chi connectivity index (χ1v) is 8.08. The van der Waals surface area contributed by atoms with E-state index >= 15 is 0 Å². The molecule has 5 nitrogen and oxygen atoms in total. The van der Waals surface area contributed by atoms with Crippen LogP contribution in [0.3, 0.4) is 0 Å². The number of hydrazine groups is 1. The zero-order valence-electron chi connectivity index (χ0n) is 12.2. The van der Waals surface area contributed by atoms with Gasteiger partial charge in [0.05, 0.1) is 17.6 Å². The van der Waals surface area contributed by atoms with Crippen molar-refractivity contribution in [2.24, 2.45) is 9.98 Å². The van der Waals surface area contributed by atoms with Gasteiger partial charge in [-0.1, -0.05) is 30.3 Å². The maximum Gasteiger partial charge on any atom is 0.248 e. The zero-order chi connectivity index (χ0) is 14.9. The first kappa shape index (κ1) is 13.6. The highest BCUT2D eigenvalue weighted by Crippen LogP contribution is 2.33. The van der Waals surface area contributed by atoms with Crippen LogP contribution in [0.4, 0.5) is 0 Å². The van der Waals surface area contributed by atoms with Gasteiger partial charge in [0.2, 0.25) is 11.9 Å². The number of benzene rings is 1. The number of halogens is 1. The topological polar surface area (TPSA) is 52.0 Å². The van der Waals surface area contributed by atoms with Crippen LogP contribution >= 0.6 is 11.6 Å². The number of fused-ring (bicyclic) bond motifs is 1. The molecule has 2 N–H and O–H groups in total. The molecule has 1 unspecified atom stereocenters. The molecular formula is C16H18ClN5. The molecule has 0 aromatic heterocycles. The number of nitrogens with zero attached hydrogens (tertiary/aromatic N) is 3. The highest BCUT2D eigenvalue weighted by atomic mass is 35.5. The fourth-order valence-electron chi connectivity index (χ4n) is 3.01. The van der Waals surface area contributed by atoms with Crippen molar-refractivity contribution in [3.05, 3.63) is 47.2 Å². The molecule has 6 heteroatoms. The molecule has 1 aromatic carbocycles. The Bertz CT molecular complexity index is 664. The molecule has 0 fully saturated rings. The summed E-state index contributed by atoms with van der Waals surface area (Å²) in [5.41, 5.74) is 6.87. The molecule has 2 heterocycles. The van der Waals surface area contributed by atoms with E-state index in [9.17, 15) is 0 Å². The van der Waals surface area contributed by atoms with Crippen molar-refractivity contribution in [1.82, 2.24) is 15.8 Å². The van der Waals surface area contributed by atoms with Crippen LogP contribution < -0.4 is 10.7 Å². The van der Waals surface area contributed by atoms with Gasteiger partial charge in [-0.15, -0.1) is 11.6 Å². The molecule has 1 atom stereocenters. The second kappa shape index (κ2) is 5.65. The molecule has 1 aromatic rings. The summed E-state index contributed by atoms with van der Waals surface area (Å²) in [7, 11) is 0. The van der Waals surface area contributed by atoms with E-state index in [0.29, 0.717) is 5.96 Å². The fraction of sp³-hybridized carbons (Fsp3) is 0.375. The second-order valence-corrected chi connectivity index (χ2v) is 6.28. The van der Waals surface area contributed by atoms with Gasteiger partial charge in [0.1, 0.15) is 0 Å². The number of alkyl halides is 1. The lowest BCUT2D eigenvalue weighted by molar-refractivity contribution is 0.391. The number of rotatable bonds is 2. The minimum atomic E-state index is 0.0370. The molecule has 2 aliphatic heterocycles. The maximum atomic E-state index is 6.39. The molecule has 0 bridgehead atoms. The smallest absolute Gasteiger partial charge is 0.248 e.